The summed E-state index contributed by atoms with van der Waals surface area (Å²) in [5.41, 5.74) is 3.89. The predicted octanol–water partition coefficient (Wildman–Crippen LogP) is 2.36. The van der Waals surface area contributed by atoms with Crippen molar-refractivity contribution in [2.45, 2.75) is 27.3 Å². The van der Waals surface area contributed by atoms with Crippen LogP contribution in [0.25, 0.3) is 10.3 Å². The number of rotatable bonds is 3. The molecule has 1 N–H and O–H groups in total. The molecule has 0 aliphatic rings. The fraction of sp³-hybridized carbons (Fsp3) is 0.385. The Bertz CT molecular complexity index is 718. The Balaban J connectivity index is 1.81. The third-order valence-corrected chi connectivity index (χ3v) is 4.08. The van der Waals surface area contributed by atoms with Crippen molar-refractivity contribution in [1.29, 1.82) is 0 Å². The van der Waals surface area contributed by atoms with Gasteiger partial charge in [0.1, 0.15) is 5.82 Å². The fourth-order valence-electron chi connectivity index (χ4n) is 2.19. The highest BCUT2D eigenvalue weighted by Crippen LogP contribution is 2.28. The molecule has 0 saturated carbocycles. The topological polar surface area (TPSA) is 68.5 Å². The summed E-state index contributed by atoms with van der Waals surface area (Å²) in [5, 5.41) is 8.51. The van der Waals surface area contributed by atoms with Crippen LogP contribution >= 0.6 is 11.3 Å². The highest BCUT2D eigenvalue weighted by molar-refractivity contribution is 7.22. The van der Waals surface area contributed by atoms with E-state index in [1.165, 1.54) is 0 Å². The van der Waals surface area contributed by atoms with Gasteiger partial charge in [-0.2, -0.15) is 5.10 Å². The quantitative estimate of drug-likeness (QED) is 0.801. The average Bonchev–Trinajstić information content (AvgIpc) is 2.88. The molecule has 0 amide bonds. The highest BCUT2D eigenvalue weighted by atomic mass is 32.1. The van der Waals surface area contributed by atoms with E-state index >= 15 is 0 Å². The number of nitrogens with one attached hydrogen (secondary N) is 1. The molecule has 0 aliphatic heterocycles. The number of hydrogen-bond acceptors (Lipinski definition) is 6. The first-order valence-electron chi connectivity index (χ1n) is 6.38. The summed E-state index contributed by atoms with van der Waals surface area (Å²) in [6.07, 6.45) is 0. The lowest BCUT2D eigenvalue weighted by Crippen LogP contribution is -2.06. The van der Waals surface area contributed by atoms with Gasteiger partial charge in [0.2, 0.25) is 0 Å². The largest absolute Gasteiger partial charge is 0.354 e. The van der Waals surface area contributed by atoms with E-state index in [0.29, 0.717) is 6.54 Å². The van der Waals surface area contributed by atoms with Gasteiger partial charge in [0, 0.05) is 18.4 Å². The van der Waals surface area contributed by atoms with Crippen molar-refractivity contribution in [2.24, 2.45) is 7.05 Å². The maximum Gasteiger partial charge on any atom is 0.185 e. The van der Waals surface area contributed by atoms with Crippen molar-refractivity contribution in [3.63, 3.8) is 0 Å². The van der Waals surface area contributed by atoms with Crippen LogP contribution in [-0.2, 0) is 13.6 Å². The molecule has 3 heterocycles. The summed E-state index contributed by atoms with van der Waals surface area (Å²) < 4.78 is 2.93. The Labute approximate surface area is 120 Å². The average molecular weight is 288 g/mol. The molecule has 0 saturated heterocycles. The Kier molecular flexibility index (Phi) is 3.13. The first kappa shape index (κ1) is 13.0. The summed E-state index contributed by atoms with van der Waals surface area (Å²) in [6.45, 7) is 6.53. The lowest BCUT2D eigenvalue weighted by molar-refractivity contribution is 0.774. The minimum atomic E-state index is 0.578. The lowest BCUT2D eigenvalue weighted by atomic mass is 10.3. The third-order valence-electron chi connectivity index (χ3n) is 2.97. The maximum atomic E-state index is 4.55. The van der Waals surface area contributed by atoms with Gasteiger partial charge in [0.05, 0.1) is 16.9 Å². The van der Waals surface area contributed by atoms with E-state index in [-0.39, 0.29) is 0 Å². The minimum Gasteiger partial charge on any atom is -0.354 e. The van der Waals surface area contributed by atoms with Crippen molar-refractivity contribution >= 4 is 26.8 Å². The monoisotopic (exact) mass is 288 g/mol. The normalized spacial score (nSPS) is 11.2. The summed E-state index contributed by atoms with van der Waals surface area (Å²) in [7, 11) is 1.91. The standard InChI is InChI=1S/C13H16N6S/c1-7-5-8(2)16-10(15-7)6-14-13-17-12-11(20-13)9(3)18-19(12)4/h5H,6H2,1-4H3,(H,14,17). The number of aromatic nitrogens is 5. The Morgan fingerprint density at radius 3 is 2.50 bits per heavy atom. The van der Waals surface area contributed by atoms with Crippen LogP contribution in [0.5, 0.6) is 0 Å². The van der Waals surface area contributed by atoms with Crippen LogP contribution in [0, 0.1) is 20.8 Å². The number of hydrogen-bond donors (Lipinski definition) is 1. The van der Waals surface area contributed by atoms with E-state index in [1.807, 2.05) is 33.9 Å². The molecule has 7 heteroatoms. The maximum absolute atomic E-state index is 4.55. The summed E-state index contributed by atoms with van der Waals surface area (Å²) >= 11 is 1.61. The van der Waals surface area contributed by atoms with Crippen molar-refractivity contribution in [3.8, 4) is 0 Å². The van der Waals surface area contributed by atoms with Gasteiger partial charge < -0.3 is 5.32 Å². The van der Waals surface area contributed by atoms with E-state index < -0.39 is 0 Å². The SMILES string of the molecule is Cc1cc(C)nc(CNc2nc3c(s2)c(C)nn3C)n1. The summed E-state index contributed by atoms with van der Waals surface area (Å²) in [4.78, 5) is 13.4. The molecule has 0 atom stereocenters. The van der Waals surface area contributed by atoms with Gasteiger partial charge in [-0.3, -0.25) is 0 Å². The number of aryl methyl sites for hydroxylation is 4. The number of nitrogens with zero attached hydrogens (tertiary/aromatic N) is 5. The Morgan fingerprint density at radius 2 is 1.85 bits per heavy atom. The Morgan fingerprint density at radius 1 is 1.15 bits per heavy atom. The van der Waals surface area contributed by atoms with Crippen LogP contribution in [-0.4, -0.2) is 24.7 Å². The second kappa shape index (κ2) is 4.82. The minimum absolute atomic E-state index is 0.578. The summed E-state index contributed by atoms with van der Waals surface area (Å²) in [5.74, 6) is 0.789. The van der Waals surface area contributed by atoms with Gasteiger partial charge in [-0.15, -0.1) is 0 Å². The lowest BCUT2D eigenvalue weighted by Gasteiger charge is -2.03. The third kappa shape index (κ3) is 2.36. The predicted molar refractivity (Wildman–Crippen MR) is 80.0 cm³/mol. The zero-order chi connectivity index (χ0) is 14.3. The van der Waals surface area contributed by atoms with E-state index in [4.69, 9.17) is 0 Å². The second-order valence-electron chi connectivity index (χ2n) is 4.80. The smallest absolute Gasteiger partial charge is 0.185 e. The molecule has 6 nitrogen and oxygen atoms in total. The van der Waals surface area contributed by atoms with Crippen LogP contribution in [0.4, 0.5) is 5.13 Å². The van der Waals surface area contributed by atoms with Crippen LogP contribution in [0.1, 0.15) is 22.9 Å². The van der Waals surface area contributed by atoms with Gasteiger partial charge in [-0.05, 0) is 26.8 Å². The number of thiazole rings is 1. The molecule has 0 radical (unpaired) electrons. The molecule has 20 heavy (non-hydrogen) atoms. The molecule has 3 rings (SSSR count). The second-order valence-corrected chi connectivity index (χ2v) is 5.80. The molecule has 0 unspecified atom stereocenters. The van der Waals surface area contributed by atoms with E-state index in [2.05, 4.69) is 25.4 Å². The molecule has 0 spiro atoms. The van der Waals surface area contributed by atoms with Crippen molar-refractivity contribution in [2.75, 3.05) is 5.32 Å². The number of fused-ring (bicyclic) bond motifs is 1. The van der Waals surface area contributed by atoms with E-state index in [0.717, 1.165) is 38.4 Å². The molecular formula is C13H16N6S. The van der Waals surface area contributed by atoms with E-state index in [1.54, 1.807) is 16.0 Å². The molecule has 0 aliphatic carbocycles. The van der Waals surface area contributed by atoms with Crippen LogP contribution < -0.4 is 5.32 Å². The molecular weight excluding hydrogens is 272 g/mol. The van der Waals surface area contributed by atoms with Crippen molar-refractivity contribution < 1.29 is 0 Å². The number of anilines is 1. The zero-order valence-electron chi connectivity index (χ0n) is 11.9. The van der Waals surface area contributed by atoms with Crippen LogP contribution in [0.15, 0.2) is 6.07 Å². The van der Waals surface area contributed by atoms with E-state index in [9.17, 15) is 0 Å². The highest BCUT2D eigenvalue weighted by Gasteiger charge is 2.11. The van der Waals surface area contributed by atoms with Gasteiger partial charge in [0.15, 0.2) is 10.8 Å². The van der Waals surface area contributed by atoms with Gasteiger partial charge in [-0.25, -0.2) is 19.6 Å². The molecule has 0 aromatic carbocycles. The van der Waals surface area contributed by atoms with Gasteiger partial charge >= 0.3 is 0 Å². The first-order valence-corrected chi connectivity index (χ1v) is 7.20. The molecule has 0 bridgehead atoms. The van der Waals surface area contributed by atoms with Gasteiger partial charge in [-0.1, -0.05) is 11.3 Å². The molecule has 3 aromatic heterocycles. The van der Waals surface area contributed by atoms with Crippen LogP contribution in [0.3, 0.4) is 0 Å². The molecule has 104 valence electrons. The van der Waals surface area contributed by atoms with Crippen molar-refractivity contribution in [1.82, 2.24) is 24.7 Å². The van der Waals surface area contributed by atoms with Crippen LogP contribution in [0.2, 0.25) is 0 Å². The van der Waals surface area contributed by atoms with Crippen molar-refractivity contribution in [3.05, 3.63) is 29.0 Å². The molecule has 0 fully saturated rings. The fourth-order valence-corrected chi connectivity index (χ4v) is 3.12. The molecule has 3 aromatic rings. The zero-order valence-corrected chi connectivity index (χ0v) is 12.7. The summed E-state index contributed by atoms with van der Waals surface area (Å²) in [6, 6.07) is 1.97. The Hall–Kier alpha value is -2.02. The van der Waals surface area contributed by atoms with Gasteiger partial charge in [0.25, 0.3) is 0 Å². The first-order chi connectivity index (χ1) is 9.52.